The van der Waals surface area contributed by atoms with Crippen molar-refractivity contribution in [2.45, 2.75) is 32.6 Å². The molecule has 0 radical (unpaired) electrons. The molecule has 1 aromatic rings. The van der Waals surface area contributed by atoms with Gasteiger partial charge in [-0.05, 0) is 67.5 Å². The van der Waals surface area contributed by atoms with Crippen LogP contribution in [-0.2, 0) is 11.2 Å². The molecule has 25 heavy (non-hydrogen) atoms. The summed E-state index contributed by atoms with van der Waals surface area (Å²) in [4.78, 5) is 10.8. The van der Waals surface area contributed by atoms with Gasteiger partial charge in [-0.1, -0.05) is 35.9 Å². The maximum atomic E-state index is 10.8. The molecule has 4 heteroatoms. The highest BCUT2D eigenvalue weighted by Crippen LogP contribution is 2.22. The molecule has 0 aliphatic heterocycles. The third kappa shape index (κ3) is 5.99. The summed E-state index contributed by atoms with van der Waals surface area (Å²) in [5.41, 5.74) is 4.49. The molecule has 2 N–H and O–H groups in total. The van der Waals surface area contributed by atoms with E-state index >= 15 is 0 Å². The van der Waals surface area contributed by atoms with Crippen LogP contribution in [0.25, 0.3) is 0 Å². The number of carboxylic acids is 1. The number of aliphatic hydroxyl groups is 1. The molecule has 0 fully saturated rings. The number of rotatable bonds is 6. The molecule has 0 amide bonds. The first-order chi connectivity index (χ1) is 12.0. The van der Waals surface area contributed by atoms with Crippen molar-refractivity contribution in [3.05, 3.63) is 76.6 Å². The van der Waals surface area contributed by atoms with Crippen LogP contribution in [0.2, 0.25) is 0 Å². The standard InChI is InChI=1S/C21H24O4/c1-15-3-4-18(14-20(22)21(23)24)8-7-17(13-15)6-5-16-9-11-19(25-2)12-10-16/h7-14,22H,3-6H2,1-2H3,(H,23,24)/b15-13+,17-7-,18-8+,20-14-. The van der Waals surface area contributed by atoms with Crippen molar-refractivity contribution in [3.63, 3.8) is 0 Å². The Balaban J connectivity index is 2.11. The number of allylic oxidation sites excluding steroid dienone is 7. The minimum absolute atomic E-state index is 0.623. The first-order valence-corrected chi connectivity index (χ1v) is 8.31. The van der Waals surface area contributed by atoms with Crippen molar-refractivity contribution in [1.29, 1.82) is 0 Å². The Morgan fingerprint density at radius 3 is 2.48 bits per heavy atom. The highest BCUT2D eigenvalue weighted by molar-refractivity contribution is 5.84. The van der Waals surface area contributed by atoms with E-state index in [-0.39, 0.29) is 0 Å². The maximum Gasteiger partial charge on any atom is 0.370 e. The minimum atomic E-state index is -1.31. The van der Waals surface area contributed by atoms with Gasteiger partial charge in [0.15, 0.2) is 0 Å². The molecule has 1 aromatic carbocycles. The zero-order valence-corrected chi connectivity index (χ0v) is 14.7. The van der Waals surface area contributed by atoms with E-state index in [1.54, 1.807) is 7.11 Å². The number of carbonyl (C=O) groups is 1. The maximum absolute atomic E-state index is 10.8. The van der Waals surface area contributed by atoms with Gasteiger partial charge in [0.1, 0.15) is 5.75 Å². The number of carboxylic acid groups (broad SMARTS) is 1. The van der Waals surface area contributed by atoms with Gasteiger partial charge in [0.2, 0.25) is 5.76 Å². The molecule has 0 saturated carbocycles. The lowest BCUT2D eigenvalue weighted by Gasteiger charge is -2.10. The Kier molecular flexibility index (Phi) is 6.63. The number of methoxy groups -OCH3 is 1. The van der Waals surface area contributed by atoms with Crippen molar-refractivity contribution in [3.8, 4) is 5.75 Å². The summed E-state index contributed by atoms with van der Waals surface area (Å²) >= 11 is 0. The summed E-state index contributed by atoms with van der Waals surface area (Å²) in [6.45, 7) is 2.07. The lowest BCUT2D eigenvalue weighted by Crippen LogP contribution is -2.00. The second-order valence-electron chi connectivity index (χ2n) is 6.16. The zero-order valence-electron chi connectivity index (χ0n) is 14.7. The molecule has 1 aliphatic carbocycles. The van der Waals surface area contributed by atoms with Gasteiger partial charge in [-0.15, -0.1) is 0 Å². The number of hydrogen-bond donors (Lipinski definition) is 2. The van der Waals surface area contributed by atoms with Gasteiger partial charge < -0.3 is 14.9 Å². The van der Waals surface area contributed by atoms with Crippen molar-refractivity contribution < 1.29 is 19.7 Å². The Labute approximate surface area is 148 Å². The topological polar surface area (TPSA) is 66.8 Å². The lowest BCUT2D eigenvalue weighted by atomic mass is 9.96. The summed E-state index contributed by atoms with van der Waals surface area (Å²) < 4.78 is 5.17. The Morgan fingerprint density at radius 1 is 1.12 bits per heavy atom. The highest BCUT2D eigenvalue weighted by atomic mass is 16.5. The number of benzene rings is 1. The predicted octanol–water partition coefficient (Wildman–Crippen LogP) is 4.75. The molecular formula is C21H24O4. The van der Waals surface area contributed by atoms with E-state index in [0.717, 1.165) is 30.6 Å². The summed E-state index contributed by atoms with van der Waals surface area (Å²) in [5, 5.41) is 18.3. The molecule has 0 bridgehead atoms. The van der Waals surface area contributed by atoms with Crippen LogP contribution in [0.15, 0.2) is 71.0 Å². The zero-order chi connectivity index (χ0) is 18.2. The minimum Gasteiger partial charge on any atom is -0.502 e. The van der Waals surface area contributed by atoms with E-state index in [2.05, 4.69) is 25.1 Å². The molecule has 0 spiro atoms. The van der Waals surface area contributed by atoms with Crippen LogP contribution in [0, 0.1) is 0 Å². The van der Waals surface area contributed by atoms with Crippen molar-refractivity contribution in [2.24, 2.45) is 0 Å². The van der Waals surface area contributed by atoms with E-state index in [1.807, 2.05) is 24.3 Å². The Bertz CT molecular complexity index is 734. The fourth-order valence-electron chi connectivity index (χ4n) is 2.67. The molecule has 0 saturated heterocycles. The smallest absolute Gasteiger partial charge is 0.370 e. The molecule has 1 aliphatic rings. The summed E-state index contributed by atoms with van der Waals surface area (Å²) in [5.74, 6) is -1.08. The van der Waals surface area contributed by atoms with Crippen LogP contribution < -0.4 is 4.74 Å². The molecular weight excluding hydrogens is 316 g/mol. The SMILES string of the molecule is COc1ccc(CCC2=C/C=C(/C=C(\O)C(=O)O)CC\C(C)=C\2)cc1. The van der Waals surface area contributed by atoms with Crippen LogP contribution in [-0.4, -0.2) is 23.3 Å². The van der Waals surface area contributed by atoms with Gasteiger partial charge in [0.25, 0.3) is 0 Å². The van der Waals surface area contributed by atoms with Crippen molar-refractivity contribution in [2.75, 3.05) is 7.11 Å². The molecule has 2 rings (SSSR count). The van der Waals surface area contributed by atoms with E-state index in [0.29, 0.717) is 6.42 Å². The Morgan fingerprint density at radius 2 is 1.84 bits per heavy atom. The number of aliphatic carboxylic acids is 1. The van der Waals surface area contributed by atoms with Gasteiger partial charge >= 0.3 is 5.97 Å². The molecule has 0 aromatic heterocycles. The normalized spacial score (nSPS) is 21.7. The van der Waals surface area contributed by atoms with Crippen molar-refractivity contribution >= 4 is 5.97 Å². The van der Waals surface area contributed by atoms with Crippen LogP contribution in [0.1, 0.15) is 31.7 Å². The number of aliphatic hydroxyl groups excluding tert-OH is 1. The van der Waals surface area contributed by atoms with Crippen LogP contribution in [0.3, 0.4) is 0 Å². The summed E-state index contributed by atoms with van der Waals surface area (Å²) in [6, 6.07) is 8.04. The fraction of sp³-hybridized carbons (Fsp3) is 0.286. The number of hydrogen-bond acceptors (Lipinski definition) is 3. The van der Waals surface area contributed by atoms with Crippen molar-refractivity contribution in [1.82, 2.24) is 0 Å². The molecule has 4 nitrogen and oxygen atoms in total. The average Bonchev–Trinajstić information content (AvgIpc) is 2.60. The average molecular weight is 340 g/mol. The van der Waals surface area contributed by atoms with Gasteiger partial charge in [-0.3, -0.25) is 0 Å². The second-order valence-corrected chi connectivity index (χ2v) is 6.16. The number of ether oxygens (including phenoxy) is 1. The molecule has 0 unspecified atom stereocenters. The predicted molar refractivity (Wildman–Crippen MR) is 98.8 cm³/mol. The highest BCUT2D eigenvalue weighted by Gasteiger charge is 2.07. The molecule has 0 atom stereocenters. The van der Waals surface area contributed by atoms with Gasteiger partial charge in [0, 0.05) is 0 Å². The third-order valence-electron chi connectivity index (χ3n) is 4.15. The van der Waals surface area contributed by atoms with Crippen LogP contribution in [0.4, 0.5) is 0 Å². The Hall–Kier alpha value is -2.75. The van der Waals surface area contributed by atoms with Gasteiger partial charge in [-0.2, -0.15) is 0 Å². The second kappa shape index (κ2) is 8.92. The van der Waals surface area contributed by atoms with E-state index in [9.17, 15) is 9.90 Å². The van der Waals surface area contributed by atoms with E-state index in [4.69, 9.17) is 9.84 Å². The monoisotopic (exact) mass is 340 g/mol. The van der Waals surface area contributed by atoms with Gasteiger partial charge in [-0.25, -0.2) is 4.79 Å². The molecule has 132 valence electrons. The van der Waals surface area contributed by atoms with Crippen LogP contribution >= 0.6 is 0 Å². The van der Waals surface area contributed by atoms with E-state index in [1.165, 1.54) is 22.8 Å². The molecule has 0 heterocycles. The van der Waals surface area contributed by atoms with Gasteiger partial charge in [0.05, 0.1) is 7.11 Å². The summed E-state index contributed by atoms with van der Waals surface area (Å²) in [6.07, 6.45) is 10.8. The number of aryl methyl sites for hydroxylation is 1. The van der Waals surface area contributed by atoms with E-state index < -0.39 is 11.7 Å². The third-order valence-corrected chi connectivity index (χ3v) is 4.15. The quantitative estimate of drug-likeness (QED) is 0.579. The summed E-state index contributed by atoms with van der Waals surface area (Å²) in [7, 11) is 1.66. The first-order valence-electron chi connectivity index (χ1n) is 8.31. The fourth-order valence-corrected chi connectivity index (χ4v) is 2.67. The van der Waals surface area contributed by atoms with Crippen LogP contribution in [0.5, 0.6) is 5.75 Å². The largest absolute Gasteiger partial charge is 0.502 e. The lowest BCUT2D eigenvalue weighted by molar-refractivity contribution is -0.135. The first kappa shape index (κ1) is 18.6.